The van der Waals surface area contributed by atoms with Crippen molar-refractivity contribution >= 4 is 5.91 Å². The molecule has 24 heavy (non-hydrogen) atoms. The SMILES string of the molecule is Cn1ccnc1C1(O)CCN(CC(=O)NCc2ccccc2)CC1. The Morgan fingerprint density at radius 1 is 1.29 bits per heavy atom. The number of imidazole rings is 1. The lowest BCUT2D eigenvalue weighted by atomic mass is 9.90. The number of carbonyl (C=O) groups excluding carboxylic acids is 1. The number of aliphatic hydroxyl groups is 1. The van der Waals surface area contributed by atoms with Gasteiger partial charge >= 0.3 is 0 Å². The van der Waals surface area contributed by atoms with E-state index in [1.165, 1.54) is 0 Å². The number of piperidine rings is 1. The van der Waals surface area contributed by atoms with Gasteiger partial charge in [0.15, 0.2) is 0 Å². The number of likely N-dealkylation sites (tertiary alicyclic amines) is 1. The molecule has 2 heterocycles. The van der Waals surface area contributed by atoms with Gasteiger partial charge in [0.25, 0.3) is 0 Å². The number of hydrogen-bond donors (Lipinski definition) is 2. The molecule has 1 aromatic carbocycles. The number of carbonyl (C=O) groups is 1. The Hall–Kier alpha value is -2.18. The average molecular weight is 328 g/mol. The molecule has 1 fully saturated rings. The van der Waals surface area contributed by atoms with Crippen LogP contribution in [0.2, 0.25) is 0 Å². The molecular weight excluding hydrogens is 304 g/mol. The quantitative estimate of drug-likeness (QED) is 0.860. The molecular formula is C18H24N4O2. The molecule has 3 rings (SSSR count). The lowest BCUT2D eigenvalue weighted by molar-refractivity contribution is -0.123. The second kappa shape index (κ2) is 7.15. The summed E-state index contributed by atoms with van der Waals surface area (Å²) in [6.45, 7) is 2.28. The molecule has 0 radical (unpaired) electrons. The minimum Gasteiger partial charge on any atom is -0.382 e. The van der Waals surface area contributed by atoms with Crippen molar-refractivity contribution in [3.05, 3.63) is 54.1 Å². The minimum absolute atomic E-state index is 0.0151. The van der Waals surface area contributed by atoms with E-state index < -0.39 is 5.60 Å². The fourth-order valence-electron chi connectivity index (χ4n) is 3.17. The van der Waals surface area contributed by atoms with Gasteiger partial charge in [0, 0.05) is 39.1 Å². The maximum absolute atomic E-state index is 12.1. The Labute approximate surface area is 142 Å². The molecule has 1 amide bonds. The monoisotopic (exact) mass is 328 g/mol. The summed E-state index contributed by atoms with van der Waals surface area (Å²) in [5, 5.41) is 13.7. The van der Waals surface area contributed by atoms with Crippen LogP contribution < -0.4 is 5.32 Å². The van der Waals surface area contributed by atoms with Crippen LogP contribution in [-0.2, 0) is 24.0 Å². The van der Waals surface area contributed by atoms with E-state index >= 15 is 0 Å². The number of amides is 1. The Bertz CT molecular complexity index is 675. The molecule has 0 bridgehead atoms. The average Bonchev–Trinajstić information content (AvgIpc) is 3.03. The van der Waals surface area contributed by atoms with Crippen molar-refractivity contribution in [3.63, 3.8) is 0 Å². The molecule has 0 aliphatic carbocycles. The normalized spacial score (nSPS) is 17.6. The lowest BCUT2D eigenvalue weighted by Gasteiger charge is -2.37. The molecule has 1 saturated heterocycles. The topological polar surface area (TPSA) is 70.4 Å². The highest BCUT2D eigenvalue weighted by Crippen LogP contribution is 2.31. The van der Waals surface area contributed by atoms with Crippen molar-refractivity contribution in [1.29, 1.82) is 0 Å². The molecule has 128 valence electrons. The van der Waals surface area contributed by atoms with Gasteiger partial charge in [-0.15, -0.1) is 0 Å². The smallest absolute Gasteiger partial charge is 0.234 e. The van der Waals surface area contributed by atoms with Gasteiger partial charge in [-0.05, 0) is 18.4 Å². The predicted octanol–water partition coefficient (Wildman–Crippen LogP) is 1.02. The van der Waals surface area contributed by atoms with Gasteiger partial charge in [-0.3, -0.25) is 9.69 Å². The van der Waals surface area contributed by atoms with Crippen LogP contribution in [0.15, 0.2) is 42.7 Å². The first-order valence-corrected chi connectivity index (χ1v) is 8.30. The Kier molecular flexibility index (Phi) is 4.97. The van der Waals surface area contributed by atoms with Crippen LogP contribution in [0, 0.1) is 0 Å². The van der Waals surface area contributed by atoms with Gasteiger partial charge in [0.1, 0.15) is 11.4 Å². The maximum atomic E-state index is 12.1. The molecule has 1 aromatic heterocycles. The molecule has 0 saturated carbocycles. The van der Waals surface area contributed by atoms with Crippen LogP contribution in [0.3, 0.4) is 0 Å². The van der Waals surface area contributed by atoms with Crippen molar-refractivity contribution in [1.82, 2.24) is 19.8 Å². The van der Waals surface area contributed by atoms with Gasteiger partial charge in [-0.25, -0.2) is 4.98 Å². The van der Waals surface area contributed by atoms with Crippen molar-refractivity contribution in [2.75, 3.05) is 19.6 Å². The summed E-state index contributed by atoms with van der Waals surface area (Å²) < 4.78 is 1.86. The molecule has 2 N–H and O–H groups in total. The first-order valence-electron chi connectivity index (χ1n) is 8.30. The molecule has 6 nitrogen and oxygen atoms in total. The summed E-state index contributed by atoms with van der Waals surface area (Å²) in [5.41, 5.74) is 0.198. The summed E-state index contributed by atoms with van der Waals surface area (Å²) in [7, 11) is 1.89. The summed E-state index contributed by atoms with van der Waals surface area (Å²) >= 11 is 0. The number of benzene rings is 1. The van der Waals surface area contributed by atoms with Crippen molar-refractivity contribution in [2.45, 2.75) is 25.0 Å². The highest BCUT2D eigenvalue weighted by Gasteiger charge is 2.37. The lowest BCUT2D eigenvalue weighted by Crippen LogP contribution is -2.47. The standard InChI is InChI=1S/C18H24N4O2/c1-21-12-9-19-17(21)18(24)7-10-22(11-8-18)14-16(23)20-13-15-5-3-2-4-6-15/h2-6,9,12,24H,7-8,10-11,13-14H2,1H3,(H,20,23). The number of hydrogen-bond acceptors (Lipinski definition) is 4. The van der Waals surface area contributed by atoms with E-state index in [2.05, 4.69) is 15.2 Å². The van der Waals surface area contributed by atoms with E-state index in [1.54, 1.807) is 6.20 Å². The Morgan fingerprint density at radius 2 is 2.00 bits per heavy atom. The Morgan fingerprint density at radius 3 is 2.62 bits per heavy atom. The highest BCUT2D eigenvalue weighted by atomic mass is 16.3. The van der Waals surface area contributed by atoms with Gasteiger partial charge in [-0.2, -0.15) is 0 Å². The largest absolute Gasteiger partial charge is 0.382 e. The Balaban J connectivity index is 1.47. The van der Waals surface area contributed by atoms with Crippen LogP contribution in [-0.4, -0.2) is 45.1 Å². The third-order valence-electron chi connectivity index (χ3n) is 4.62. The fraction of sp³-hybridized carbons (Fsp3) is 0.444. The van der Waals surface area contributed by atoms with Gasteiger partial charge in [-0.1, -0.05) is 30.3 Å². The predicted molar refractivity (Wildman–Crippen MR) is 91.1 cm³/mol. The van der Waals surface area contributed by atoms with E-state index in [9.17, 15) is 9.90 Å². The molecule has 1 aliphatic rings. The van der Waals surface area contributed by atoms with E-state index in [1.807, 2.05) is 48.1 Å². The maximum Gasteiger partial charge on any atom is 0.234 e. The minimum atomic E-state index is -0.894. The number of nitrogens with zero attached hydrogens (tertiary/aromatic N) is 3. The third-order valence-corrected chi connectivity index (χ3v) is 4.62. The molecule has 2 aromatic rings. The van der Waals surface area contributed by atoms with Crippen LogP contribution >= 0.6 is 0 Å². The molecule has 0 unspecified atom stereocenters. The summed E-state index contributed by atoms with van der Waals surface area (Å²) in [4.78, 5) is 18.5. The summed E-state index contributed by atoms with van der Waals surface area (Å²) in [6, 6.07) is 9.87. The van der Waals surface area contributed by atoms with E-state index in [-0.39, 0.29) is 5.91 Å². The van der Waals surface area contributed by atoms with Gasteiger partial charge < -0.3 is 15.0 Å². The zero-order valence-corrected chi connectivity index (χ0v) is 14.0. The van der Waals surface area contributed by atoms with Crippen LogP contribution in [0.25, 0.3) is 0 Å². The highest BCUT2D eigenvalue weighted by molar-refractivity contribution is 5.78. The first kappa shape index (κ1) is 16.7. The number of rotatable bonds is 5. The zero-order chi connectivity index (χ0) is 17.0. The fourth-order valence-corrected chi connectivity index (χ4v) is 3.17. The number of aryl methyl sites for hydroxylation is 1. The van der Waals surface area contributed by atoms with Crippen LogP contribution in [0.5, 0.6) is 0 Å². The number of aromatic nitrogens is 2. The van der Waals surface area contributed by atoms with Crippen LogP contribution in [0.4, 0.5) is 0 Å². The molecule has 1 aliphatic heterocycles. The van der Waals surface area contributed by atoms with Gasteiger partial charge in [0.05, 0.1) is 6.54 Å². The van der Waals surface area contributed by atoms with E-state index in [4.69, 9.17) is 0 Å². The molecule has 6 heteroatoms. The second-order valence-electron chi connectivity index (χ2n) is 6.43. The molecule has 0 atom stereocenters. The van der Waals surface area contributed by atoms with Crippen molar-refractivity contribution in [3.8, 4) is 0 Å². The van der Waals surface area contributed by atoms with Crippen LogP contribution in [0.1, 0.15) is 24.2 Å². The van der Waals surface area contributed by atoms with E-state index in [0.717, 1.165) is 5.56 Å². The number of nitrogens with one attached hydrogen (secondary N) is 1. The van der Waals surface area contributed by atoms with Crippen molar-refractivity contribution in [2.24, 2.45) is 7.05 Å². The van der Waals surface area contributed by atoms with Gasteiger partial charge in [0.2, 0.25) is 5.91 Å². The van der Waals surface area contributed by atoms with E-state index in [0.29, 0.717) is 44.8 Å². The summed E-state index contributed by atoms with van der Waals surface area (Å²) in [6.07, 6.45) is 4.72. The van der Waals surface area contributed by atoms with Crippen molar-refractivity contribution < 1.29 is 9.90 Å². The molecule has 0 spiro atoms. The zero-order valence-electron chi connectivity index (χ0n) is 14.0. The third kappa shape index (κ3) is 3.83. The first-order chi connectivity index (χ1) is 11.6. The summed E-state index contributed by atoms with van der Waals surface area (Å²) in [5.74, 6) is 0.719. The second-order valence-corrected chi connectivity index (χ2v) is 6.43.